The number of nitrogens with one attached hydrogen (secondary N) is 2. The summed E-state index contributed by atoms with van der Waals surface area (Å²) in [5.41, 5.74) is 3.54. The van der Waals surface area contributed by atoms with Crippen molar-refractivity contribution in [2.75, 3.05) is 10.7 Å². The molecule has 0 atom stereocenters. The van der Waals surface area contributed by atoms with Gasteiger partial charge in [0.05, 0.1) is 27.7 Å². The van der Waals surface area contributed by atoms with Gasteiger partial charge in [0.2, 0.25) is 5.95 Å². The SMILES string of the molecule is N#Cc1ccc(Cl)c(Nc2nc(NN)nc3sccc23)c1. The molecule has 0 spiro atoms. The van der Waals surface area contributed by atoms with E-state index in [4.69, 9.17) is 22.7 Å². The third kappa shape index (κ3) is 2.60. The number of halogens is 1. The van der Waals surface area contributed by atoms with Crippen LogP contribution in [0.2, 0.25) is 5.02 Å². The molecule has 104 valence electrons. The summed E-state index contributed by atoms with van der Waals surface area (Å²) in [4.78, 5) is 9.35. The summed E-state index contributed by atoms with van der Waals surface area (Å²) >= 11 is 7.63. The lowest BCUT2D eigenvalue weighted by molar-refractivity contribution is 1.16. The molecule has 0 saturated carbocycles. The minimum absolute atomic E-state index is 0.306. The van der Waals surface area contributed by atoms with Gasteiger partial charge in [-0.15, -0.1) is 11.3 Å². The van der Waals surface area contributed by atoms with Gasteiger partial charge in [-0.25, -0.2) is 10.8 Å². The second-order valence-corrected chi connectivity index (χ2v) is 5.41. The summed E-state index contributed by atoms with van der Waals surface area (Å²) in [6.45, 7) is 0. The fraction of sp³-hybridized carbons (Fsp3) is 0. The molecule has 3 aromatic rings. The normalized spacial score (nSPS) is 10.3. The molecule has 1 aromatic carbocycles. The van der Waals surface area contributed by atoms with Crippen LogP contribution >= 0.6 is 22.9 Å². The molecule has 0 unspecified atom stereocenters. The van der Waals surface area contributed by atoms with Crippen LogP contribution in [0.25, 0.3) is 10.2 Å². The van der Waals surface area contributed by atoms with Crippen LogP contribution in [-0.4, -0.2) is 9.97 Å². The first-order valence-electron chi connectivity index (χ1n) is 5.90. The first-order chi connectivity index (χ1) is 10.2. The molecule has 4 N–H and O–H groups in total. The van der Waals surface area contributed by atoms with E-state index in [2.05, 4.69) is 26.8 Å². The van der Waals surface area contributed by atoms with Crippen LogP contribution in [0.3, 0.4) is 0 Å². The molecule has 0 fully saturated rings. The Kier molecular flexibility index (Phi) is 3.58. The molecule has 3 rings (SSSR count). The molecule has 2 heterocycles. The number of hydrogen-bond acceptors (Lipinski definition) is 7. The van der Waals surface area contributed by atoms with Crippen molar-refractivity contribution in [3.8, 4) is 6.07 Å². The standard InChI is InChI=1S/C13H9ClN6S/c14-9-2-1-7(6-15)5-10(9)17-11-8-3-4-21-12(8)19-13(18-11)20-16/h1-5H,16H2,(H2,17,18,19,20). The monoisotopic (exact) mass is 316 g/mol. The molecule has 0 radical (unpaired) electrons. The molecule has 21 heavy (non-hydrogen) atoms. The van der Waals surface area contributed by atoms with Crippen molar-refractivity contribution in [1.29, 1.82) is 5.26 Å². The van der Waals surface area contributed by atoms with Crippen LogP contribution in [0.15, 0.2) is 29.6 Å². The minimum atomic E-state index is 0.306. The van der Waals surface area contributed by atoms with Gasteiger partial charge in [-0.1, -0.05) is 11.6 Å². The van der Waals surface area contributed by atoms with Gasteiger partial charge in [-0.3, -0.25) is 5.43 Å². The van der Waals surface area contributed by atoms with Gasteiger partial charge in [0.25, 0.3) is 0 Å². The molecule has 0 saturated heterocycles. The lowest BCUT2D eigenvalue weighted by Crippen LogP contribution is -2.11. The van der Waals surface area contributed by atoms with Gasteiger partial charge >= 0.3 is 0 Å². The summed E-state index contributed by atoms with van der Waals surface area (Å²) in [5.74, 6) is 6.26. The number of hydrazine groups is 1. The summed E-state index contributed by atoms with van der Waals surface area (Å²) in [7, 11) is 0. The highest BCUT2D eigenvalue weighted by Gasteiger charge is 2.10. The molecule has 6 nitrogen and oxygen atoms in total. The maximum absolute atomic E-state index is 8.97. The largest absolute Gasteiger partial charge is 0.338 e. The molecule has 2 aromatic heterocycles. The number of nitrogen functional groups attached to an aromatic ring is 1. The maximum Gasteiger partial charge on any atom is 0.240 e. The van der Waals surface area contributed by atoms with E-state index in [1.807, 2.05) is 11.4 Å². The van der Waals surface area contributed by atoms with Gasteiger partial charge in [0.15, 0.2) is 0 Å². The molecule has 0 aliphatic rings. The number of aromatic nitrogens is 2. The lowest BCUT2D eigenvalue weighted by atomic mass is 10.2. The van der Waals surface area contributed by atoms with Crippen LogP contribution in [0.1, 0.15) is 5.56 Å². The molecule has 0 amide bonds. The maximum atomic E-state index is 8.97. The second-order valence-electron chi connectivity index (χ2n) is 4.11. The predicted molar refractivity (Wildman–Crippen MR) is 84.7 cm³/mol. The summed E-state index contributed by atoms with van der Waals surface area (Å²) < 4.78 is 0. The smallest absolute Gasteiger partial charge is 0.240 e. The number of nitrogens with two attached hydrogens (primary N) is 1. The van der Waals surface area contributed by atoms with E-state index in [1.165, 1.54) is 11.3 Å². The Bertz CT molecular complexity index is 853. The molecule has 8 heteroatoms. The number of thiophene rings is 1. The molecular formula is C13H9ClN6S. The van der Waals surface area contributed by atoms with Crippen LogP contribution in [-0.2, 0) is 0 Å². The first kappa shape index (κ1) is 13.6. The van der Waals surface area contributed by atoms with Crippen LogP contribution in [0.5, 0.6) is 0 Å². The average molecular weight is 317 g/mol. The number of nitrogens with zero attached hydrogens (tertiary/aromatic N) is 3. The Hall–Kier alpha value is -2.40. The molecule has 0 aliphatic carbocycles. The van der Waals surface area contributed by atoms with E-state index in [1.54, 1.807) is 18.2 Å². The minimum Gasteiger partial charge on any atom is -0.338 e. The van der Waals surface area contributed by atoms with Gasteiger partial charge in [-0.2, -0.15) is 10.2 Å². The highest BCUT2D eigenvalue weighted by molar-refractivity contribution is 7.16. The Morgan fingerprint density at radius 1 is 1.29 bits per heavy atom. The van der Waals surface area contributed by atoms with Crippen molar-refractivity contribution in [2.24, 2.45) is 5.84 Å². The molecule has 0 aliphatic heterocycles. The summed E-state index contributed by atoms with van der Waals surface area (Å²) in [5, 5.41) is 15.4. The van der Waals surface area contributed by atoms with E-state index in [0.29, 0.717) is 28.0 Å². The number of benzene rings is 1. The lowest BCUT2D eigenvalue weighted by Gasteiger charge is -2.10. The fourth-order valence-electron chi connectivity index (χ4n) is 1.83. The van der Waals surface area contributed by atoms with Gasteiger partial charge in [0, 0.05) is 0 Å². The Labute approximate surface area is 129 Å². The van der Waals surface area contributed by atoms with Crippen LogP contribution < -0.4 is 16.6 Å². The average Bonchev–Trinajstić information content (AvgIpc) is 2.98. The third-order valence-corrected chi connectivity index (χ3v) is 3.94. The second kappa shape index (κ2) is 5.54. The molecular weight excluding hydrogens is 308 g/mol. The fourth-order valence-corrected chi connectivity index (χ4v) is 2.76. The Balaban J connectivity index is 2.09. The third-order valence-electron chi connectivity index (χ3n) is 2.80. The van der Waals surface area contributed by atoms with Crippen molar-refractivity contribution < 1.29 is 0 Å². The van der Waals surface area contributed by atoms with Gasteiger partial charge in [0.1, 0.15) is 10.6 Å². The summed E-state index contributed by atoms with van der Waals surface area (Å²) in [6.07, 6.45) is 0. The quantitative estimate of drug-likeness (QED) is 0.506. The Morgan fingerprint density at radius 2 is 2.14 bits per heavy atom. The number of fused-ring (bicyclic) bond motifs is 1. The Morgan fingerprint density at radius 3 is 2.90 bits per heavy atom. The van der Waals surface area contributed by atoms with Crippen LogP contribution in [0.4, 0.5) is 17.5 Å². The highest BCUT2D eigenvalue weighted by Crippen LogP contribution is 2.31. The zero-order chi connectivity index (χ0) is 14.8. The number of anilines is 3. The van der Waals surface area contributed by atoms with E-state index in [-0.39, 0.29) is 0 Å². The molecule has 0 bridgehead atoms. The van der Waals surface area contributed by atoms with E-state index in [9.17, 15) is 0 Å². The number of nitriles is 1. The predicted octanol–water partition coefficient (Wildman–Crippen LogP) is 3.25. The van der Waals surface area contributed by atoms with Crippen molar-refractivity contribution in [3.05, 3.63) is 40.2 Å². The van der Waals surface area contributed by atoms with Crippen molar-refractivity contribution in [1.82, 2.24) is 9.97 Å². The van der Waals surface area contributed by atoms with Crippen LogP contribution in [0, 0.1) is 11.3 Å². The van der Waals surface area contributed by atoms with E-state index >= 15 is 0 Å². The summed E-state index contributed by atoms with van der Waals surface area (Å²) in [6, 6.07) is 8.96. The van der Waals surface area contributed by atoms with Gasteiger partial charge < -0.3 is 5.32 Å². The number of rotatable bonds is 3. The van der Waals surface area contributed by atoms with E-state index in [0.717, 1.165) is 10.2 Å². The van der Waals surface area contributed by atoms with Gasteiger partial charge in [-0.05, 0) is 29.6 Å². The highest BCUT2D eigenvalue weighted by atomic mass is 35.5. The first-order valence-corrected chi connectivity index (χ1v) is 7.15. The topological polar surface area (TPSA) is 99.7 Å². The zero-order valence-electron chi connectivity index (χ0n) is 10.6. The van der Waals surface area contributed by atoms with E-state index < -0.39 is 0 Å². The van der Waals surface area contributed by atoms with Crippen molar-refractivity contribution in [3.63, 3.8) is 0 Å². The number of hydrogen-bond donors (Lipinski definition) is 3. The van der Waals surface area contributed by atoms with Crippen molar-refractivity contribution >= 4 is 50.6 Å². The zero-order valence-corrected chi connectivity index (χ0v) is 12.2. The van der Waals surface area contributed by atoms with Crippen molar-refractivity contribution in [2.45, 2.75) is 0 Å².